The third kappa shape index (κ3) is 5.78. The van der Waals surface area contributed by atoms with Gasteiger partial charge >= 0.3 is 0 Å². The van der Waals surface area contributed by atoms with Crippen molar-refractivity contribution in [2.24, 2.45) is 0 Å². The van der Waals surface area contributed by atoms with Crippen molar-refractivity contribution in [1.29, 1.82) is 0 Å². The highest BCUT2D eigenvalue weighted by Crippen LogP contribution is 2.33. The minimum Gasteiger partial charge on any atom is -0.493 e. The Morgan fingerprint density at radius 2 is 1.83 bits per heavy atom. The Labute approximate surface area is 188 Å². The number of ether oxygens (including phenoxy) is 3. The molecule has 0 bridgehead atoms. The van der Waals surface area contributed by atoms with Crippen LogP contribution in [0.15, 0.2) is 41.8 Å². The van der Waals surface area contributed by atoms with Gasteiger partial charge in [0, 0.05) is 22.4 Å². The first-order valence-corrected chi connectivity index (χ1v) is 10.7. The number of thiazole rings is 1. The number of nitrogens with zero attached hydrogens (tertiary/aromatic N) is 1. The molecule has 6 nitrogen and oxygen atoms in total. The van der Waals surface area contributed by atoms with Gasteiger partial charge < -0.3 is 19.5 Å². The Morgan fingerprint density at radius 1 is 1.07 bits per heavy atom. The Bertz CT molecular complexity index is 1030. The van der Waals surface area contributed by atoms with E-state index in [1.165, 1.54) is 11.3 Å². The highest BCUT2D eigenvalue weighted by molar-refractivity contribution is 7.14. The molecule has 158 valence electrons. The molecule has 0 atom stereocenters. The van der Waals surface area contributed by atoms with Crippen molar-refractivity contribution >= 4 is 45.6 Å². The Kier molecular flexibility index (Phi) is 7.79. The average molecular weight is 467 g/mol. The normalized spacial score (nSPS) is 10.5. The van der Waals surface area contributed by atoms with E-state index in [1.54, 1.807) is 32.4 Å². The van der Waals surface area contributed by atoms with Crippen LogP contribution in [0, 0.1) is 0 Å². The summed E-state index contributed by atoms with van der Waals surface area (Å²) in [6.07, 6.45) is 0.842. The molecule has 3 aromatic rings. The maximum atomic E-state index is 12.2. The van der Waals surface area contributed by atoms with E-state index >= 15 is 0 Å². The molecule has 0 aliphatic rings. The van der Waals surface area contributed by atoms with Gasteiger partial charge in [0.15, 0.2) is 16.6 Å². The largest absolute Gasteiger partial charge is 0.493 e. The maximum absolute atomic E-state index is 12.2. The second-order valence-corrected chi connectivity index (χ2v) is 7.88. The molecule has 2 aromatic carbocycles. The molecular weight excluding hydrogens is 447 g/mol. The van der Waals surface area contributed by atoms with Gasteiger partial charge in [-0.05, 0) is 42.8 Å². The topological polar surface area (TPSA) is 69.7 Å². The van der Waals surface area contributed by atoms with Gasteiger partial charge in [0.2, 0.25) is 5.91 Å². The van der Waals surface area contributed by atoms with E-state index in [2.05, 4.69) is 10.3 Å². The second-order valence-electron chi connectivity index (χ2n) is 6.18. The van der Waals surface area contributed by atoms with Gasteiger partial charge in [-0.3, -0.25) is 4.79 Å². The molecule has 0 fully saturated rings. The second kappa shape index (κ2) is 10.5. The van der Waals surface area contributed by atoms with Crippen LogP contribution < -0.4 is 19.5 Å². The molecule has 1 amide bonds. The van der Waals surface area contributed by atoms with Crippen LogP contribution in [0.2, 0.25) is 10.0 Å². The first-order chi connectivity index (χ1) is 14.5. The van der Waals surface area contributed by atoms with Gasteiger partial charge in [-0.15, -0.1) is 11.3 Å². The van der Waals surface area contributed by atoms with Crippen molar-refractivity contribution in [2.75, 3.05) is 26.1 Å². The number of methoxy groups -OCH3 is 2. The minimum atomic E-state index is -0.131. The number of halogens is 2. The summed E-state index contributed by atoms with van der Waals surface area (Å²) in [6.45, 7) is 0.365. The van der Waals surface area contributed by atoms with E-state index in [-0.39, 0.29) is 5.91 Å². The quantitative estimate of drug-likeness (QED) is 0.395. The fraction of sp³-hybridized carbons (Fsp3) is 0.238. The first-order valence-electron chi connectivity index (χ1n) is 9.05. The summed E-state index contributed by atoms with van der Waals surface area (Å²) in [4.78, 5) is 16.7. The van der Waals surface area contributed by atoms with Crippen molar-refractivity contribution < 1.29 is 19.0 Å². The van der Waals surface area contributed by atoms with Crippen LogP contribution in [0.3, 0.4) is 0 Å². The summed E-state index contributed by atoms with van der Waals surface area (Å²) in [6, 6.07) is 10.6. The fourth-order valence-corrected chi connectivity index (χ4v) is 3.85. The number of amides is 1. The average Bonchev–Trinajstić information content (AvgIpc) is 3.20. The molecule has 0 saturated carbocycles. The first kappa shape index (κ1) is 22.2. The third-order valence-corrected chi connectivity index (χ3v) is 5.42. The third-order valence-electron chi connectivity index (χ3n) is 4.13. The zero-order valence-electron chi connectivity index (χ0n) is 16.4. The molecular formula is C21H20Cl2N2O4S. The number of anilines is 1. The Hall–Kier alpha value is -2.48. The van der Waals surface area contributed by atoms with Crippen LogP contribution in [-0.4, -0.2) is 31.7 Å². The lowest BCUT2D eigenvalue weighted by molar-refractivity contribution is -0.116. The lowest BCUT2D eigenvalue weighted by Crippen LogP contribution is -2.12. The van der Waals surface area contributed by atoms with E-state index in [9.17, 15) is 4.79 Å². The fourth-order valence-electron chi connectivity index (χ4n) is 2.65. The van der Waals surface area contributed by atoms with Gasteiger partial charge in [-0.25, -0.2) is 4.98 Å². The highest BCUT2D eigenvalue weighted by atomic mass is 35.5. The Morgan fingerprint density at radius 3 is 2.57 bits per heavy atom. The van der Waals surface area contributed by atoms with E-state index in [4.69, 9.17) is 37.4 Å². The molecule has 0 unspecified atom stereocenters. The molecule has 9 heteroatoms. The molecule has 0 saturated heterocycles. The molecule has 0 aliphatic heterocycles. The molecule has 1 aromatic heterocycles. The van der Waals surface area contributed by atoms with E-state index < -0.39 is 0 Å². The number of rotatable bonds is 9. The Balaban J connectivity index is 1.50. The van der Waals surface area contributed by atoms with Gasteiger partial charge in [-0.2, -0.15) is 0 Å². The van der Waals surface area contributed by atoms with E-state index in [0.29, 0.717) is 51.9 Å². The van der Waals surface area contributed by atoms with Crippen molar-refractivity contribution in [2.45, 2.75) is 12.8 Å². The van der Waals surface area contributed by atoms with Gasteiger partial charge in [0.25, 0.3) is 0 Å². The summed E-state index contributed by atoms with van der Waals surface area (Å²) in [5.41, 5.74) is 1.62. The summed E-state index contributed by atoms with van der Waals surface area (Å²) in [5.74, 6) is 1.68. The number of carbonyl (C=O) groups excluding carboxylic acids is 1. The minimum absolute atomic E-state index is 0.131. The van der Waals surface area contributed by atoms with Crippen molar-refractivity contribution in [3.63, 3.8) is 0 Å². The van der Waals surface area contributed by atoms with Crippen LogP contribution in [0.5, 0.6) is 17.2 Å². The summed E-state index contributed by atoms with van der Waals surface area (Å²) >= 11 is 13.3. The predicted molar refractivity (Wildman–Crippen MR) is 120 cm³/mol. The molecule has 1 N–H and O–H groups in total. The zero-order chi connectivity index (χ0) is 21.5. The monoisotopic (exact) mass is 466 g/mol. The van der Waals surface area contributed by atoms with Crippen LogP contribution in [0.25, 0.3) is 11.3 Å². The van der Waals surface area contributed by atoms with Crippen molar-refractivity contribution in [3.05, 3.63) is 51.8 Å². The molecule has 1 heterocycles. The number of hydrogen-bond donors (Lipinski definition) is 1. The lowest BCUT2D eigenvalue weighted by Gasteiger charge is -2.08. The molecule has 30 heavy (non-hydrogen) atoms. The van der Waals surface area contributed by atoms with Crippen LogP contribution in [-0.2, 0) is 4.79 Å². The standard InChI is InChI=1S/C21H20Cl2N2O4S/c1-27-18-7-5-13(10-19(18)28-2)16-12-30-21(24-16)25-20(26)4-3-9-29-17-8-6-14(22)11-15(17)23/h5-8,10-12H,3-4,9H2,1-2H3,(H,24,25,26). The van der Waals surface area contributed by atoms with E-state index in [0.717, 1.165) is 11.3 Å². The number of carbonyl (C=O) groups is 1. The van der Waals surface area contributed by atoms with Crippen molar-refractivity contribution in [3.8, 4) is 28.5 Å². The van der Waals surface area contributed by atoms with E-state index in [1.807, 2.05) is 23.6 Å². The number of aromatic nitrogens is 1. The van der Waals surface area contributed by atoms with Gasteiger partial charge in [0.05, 0.1) is 31.5 Å². The summed E-state index contributed by atoms with van der Waals surface area (Å²) in [5, 5.41) is 6.21. The van der Waals surface area contributed by atoms with Crippen LogP contribution >= 0.6 is 34.5 Å². The van der Waals surface area contributed by atoms with Gasteiger partial charge in [-0.1, -0.05) is 23.2 Å². The zero-order valence-corrected chi connectivity index (χ0v) is 18.7. The molecule has 0 radical (unpaired) electrons. The molecule has 0 spiro atoms. The van der Waals surface area contributed by atoms with Gasteiger partial charge in [0.1, 0.15) is 5.75 Å². The van der Waals surface area contributed by atoms with Crippen molar-refractivity contribution in [1.82, 2.24) is 4.98 Å². The van der Waals surface area contributed by atoms with Crippen LogP contribution in [0.1, 0.15) is 12.8 Å². The summed E-state index contributed by atoms with van der Waals surface area (Å²) < 4.78 is 16.2. The maximum Gasteiger partial charge on any atom is 0.226 e. The lowest BCUT2D eigenvalue weighted by atomic mass is 10.1. The highest BCUT2D eigenvalue weighted by Gasteiger charge is 2.11. The molecule has 0 aliphatic carbocycles. The van der Waals surface area contributed by atoms with Crippen LogP contribution in [0.4, 0.5) is 5.13 Å². The smallest absolute Gasteiger partial charge is 0.226 e. The number of nitrogens with one attached hydrogen (secondary N) is 1. The SMILES string of the molecule is COc1ccc(-c2csc(NC(=O)CCCOc3ccc(Cl)cc3Cl)n2)cc1OC. The molecule has 3 rings (SSSR count). The predicted octanol–water partition coefficient (Wildman–Crippen LogP) is 5.93. The number of benzene rings is 2. The number of hydrogen-bond acceptors (Lipinski definition) is 6. The summed E-state index contributed by atoms with van der Waals surface area (Å²) in [7, 11) is 3.17.